The Hall–Kier alpha value is -2.37. The first-order chi connectivity index (χ1) is 9.99. The summed E-state index contributed by atoms with van der Waals surface area (Å²) in [5, 5.41) is 14.7. The number of nitrogens with one attached hydrogen (secondary N) is 2. The summed E-state index contributed by atoms with van der Waals surface area (Å²) in [6.45, 7) is 6.82. The van der Waals surface area contributed by atoms with Gasteiger partial charge in [-0.05, 0) is 32.9 Å². The summed E-state index contributed by atoms with van der Waals surface area (Å²) in [4.78, 5) is 4.21. The Bertz CT molecular complexity index is 594. The molecule has 0 aliphatic rings. The van der Waals surface area contributed by atoms with Crippen LogP contribution in [0.15, 0.2) is 41.7 Å². The molecule has 0 aliphatic heterocycles. The molecule has 0 bridgehead atoms. The second-order valence-corrected chi connectivity index (χ2v) is 5.75. The number of hydrogen-bond acceptors (Lipinski definition) is 3. The van der Waals surface area contributed by atoms with Crippen LogP contribution in [0.5, 0.6) is 0 Å². The summed E-state index contributed by atoms with van der Waals surface area (Å²) in [6.07, 6.45) is 1.71. The van der Waals surface area contributed by atoms with Crippen molar-refractivity contribution < 1.29 is 0 Å². The molecule has 0 saturated carbocycles. The van der Waals surface area contributed by atoms with Gasteiger partial charge in [-0.15, -0.1) is 10.2 Å². The highest BCUT2D eigenvalue weighted by atomic mass is 15.3. The highest BCUT2D eigenvalue weighted by Crippen LogP contribution is 2.08. The average Bonchev–Trinajstić information content (AvgIpc) is 2.91. The van der Waals surface area contributed by atoms with Gasteiger partial charge in [-0.25, -0.2) is 0 Å². The van der Waals surface area contributed by atoms with Crippen molar-refractivity contribution in [2.24, 2.45) is 4.99 Å². The highest BCUT2D eigenvalue weighted by molar-refractivity contribution is 5.80. The van der Waals surface area contributed by atoms with Crippen molar-refractivity contribution in [3.8, 4) is 5.69 Å². The van der Waals surface area contributed by atoms with E-state index in [1.54, 1.807) is 13.4 Å². The minimum atomic E-state index is -0.0467. The lowest BCUT2D eigenvalue weighted by molar-refractivity contribution is 0.500. The number of aliphatic imine (C=N–C) groups is 1. The average molecular weight is 286 g/mol. The van der Waals surface area contributed by atoms with E-state index in [-0.39, 0.29) is 5.54 Å². The molecule has 0 fully saturated rings. The first-order valence-corrected chi connectivity index (χ1v) is 6.93. The summed E-state index contributed by atoms with van der Waals surface area (Å²) in [7, 11) is 1.75. The summed E-state index contributed by atoms with van der Waals surface area (Å²) in [5.41, 5.74) is 0.993. The van der Waals surface area contributed by atoms with Gasteiger partial charge in [0.05, 0.1) is 6.54 Å². The predicted molar refractivity (Wildman–Crippen MR) is 84.4 cm³/mol. The fourth-order valence-electron chi connectivity index (χ4n) is 1.88. The van der Waals surface area contributed by atoms with Gasteiger partial charge in [0, 0.05) is 18.3 Å². The molecule has 21 heavy (non-hydrogen) atoms. The number of guanidine groups is 1. The number of rotatable bonds is 3. The van der Waals surface area contributed by atoms with Crippen LogP contribution in [0, 0.1) is 0 Å². The van der Waals surface area contributed by atoms with E-state index in [9.17, 15) is 0 Å². The molecule has 112 valence electrons. The van der Waals surface area contributed by atoms with E-state index in [4.69, 9.17) is 0 Å². The monoisotopic (exact) mass is 286 g/mol. The van der Waals surface area contributed by atoms with E-state index in [0.717, 1.165) is 17.5 Å². The predicted octanol–water partition coefficient (Wildman–Crippen LogP) is 1.73. The smallest absolute Gasteiger partial charge is 0.191 e. The number of para-hydroxylation sites is 1. The number of hydrogen-bond donors (Lipinski definition) is 2. The fraction of sp³-hybridized carbons (Fsp3) is 0.400. The molecule has 6 heteroatoms. The summed E-state index contributed by atoms with van der Waals surface area (Å²) in [5.74, 6) is 1.57. The highest BCUT2D eigenvalue weighted by Gasteiger charge is 2.13. The number of benzene rings is 1. The molecular weight excluding hydrogens is 264 g/mol. The lowest BCUT2D eigenvalue weighted by Crippen LogP contribution is -2.47. The topological polar surface area (TPSA) is 67.1 Å². The van der Waals surface area contributed by atoms with Crippen molar-refractivity contribution in [3.63, 3.8) is 0 Å². The molecule has 0 spiro atoms. The van der Waals surface area contributed by atoms with Gasteiger partial charge in [-0.2, -0.15) is 0 Å². The molecule has 2 aromatic rings. The lowest BCUT2D eigenvalue weighted by atomic mass is 10.1. The molecule has 0 aliphatic carbocycles. The third-order valence-corrected chi connectivity index (χ3v) is 2.78. The first kappa shape index (κ1) is 15.0. The van der Waals surface area contributed by atoms with Crippen LogP contribution in [-0.2, 0) is 6.54 Å². The van der Waals surface area contributed by atoms with Crippen LogP contribution in [0.25, 0.3) is 5.69 Å². The molecule has 1 aromatic carbocycles. The van der Waals surface area contributed by atoms with E-state index in [1.165, 1.54) is 0 Å². The lowest BCUT2D eigenvalue weighted by Gasteiger charge is -2.23. The van der Waals surface area contributed by atoms with E-state index in [1.807, 2.05) is 34.9 Å². The third kappa shape index (κ3) is 4.30. The van der Waals surface area contributed by atoms with Crippen molar-refractivity contribution in [1.82, 2.24) is 25.4 Å². The quantitative estimate of drug-likeness (QED) is 0.666. The van der Waals surface area contributed by atoms with Gasteiger partial charge < -0.3 is 10.6 Å². The van der Waals surface area contributed by atoms with Crippen molar-refractivity contribution in [2.75, 3.05) is 7.05 Å². The van der Waals surface area contributed by atoms with E-state index in [2.05, 4.69) is 46.6 Å². The van der Waals surface area contributed by atoms with Crippen LogP contribution in [0.1, 0.15) is 26.6 Å². The van der Waals surface area contributed by atoms with E-state index in [0.29, 0.717) is 6.54 Å². The third-order valence-electron chi connectivity index (χ3n) is 2.78. The van der Waals surface area contributed by atoms with Crippen LogP contribution in [0.4, 0.5) is 0 Å². The van der Waals surface area contributed by atoms with Gasteiger partial charge in [0.1, 0.15) is 6.33 Å². The minimum absolute atomic E-state index is 0.0467. The first-order valence-electron chi connectivity index (χ1n) is 6.93. The normalized spacial score (nSPS) is 12.3. The Kier molecular flexibility index (Phi) is 4.57. The summed E-state index contributed by atoms with van der Waals surface area (Å²) >= 11 is 0. The van der Waals surface area contributed by atoms with Gasteiger partial charge in [0.15, 0.2) is 11.8 Å². The van der Waals surface area contributed by atoms with Crippen LogP contribution in [0.3, 0.4) is 0 Å². The molecule has 0 unspecified atom stereocenters. The second kappa shape index (κ2) is 6.39. The van der Waals surface area contributed by atoms with Gasteiger partial charge in [0.2, 0.25) is 0 Å². The Morgan fingerprint density at radius 3 is 2.57 bits per heavy atom. The number of aromatic nitrogens is 3. The molecule has 1 aromatic heterocycles. The molecule has 0 radical (unpaired) electrons. The van der Waals surface area contributed by atoms with Crippen LogP contribution in [0.2, 0.25) is 0 Å². The Morgan fingerprint density at radius 1 is 1.24 bits per heavy atom. The minimum Gasteiger partial charge on any atom is -0.352 e. The molecule has 2 N–H and O–H groups in total. The van der Waals surface area contributed by atoms with Crippen molar-refractivity contribution in [3.05, 3.63) is 42.5 Å². The largest absolute Gasteiger partial charge is 0.352 e. The molecule has 6 nitrogen and oxygen atoms in total. The fourth-order valence-corrected chi connectivity index (χ4v) is 1.88. The number of nitrogens with zero attached hydrogens (tertiary/aromatic N) is 4. The maximum absolute atomic E-state index is 4.21. The standard InChI is InChI=1S/C15H22N6/c1-15(2,3)19-14(16-4)17-10-13-20-18-11-21(13)12-8-6-5-7-9-12/h5-9,11H,10H2,1-4H3,(H2,16,17,19). The Morgan fingerprint density at radius 2 is 1.95 bits per heavy atom. The Labute approximate surface area is 125 Å². The van der Waals surface area contributed by atoms with Crippen molar-refractivity contribution in [2.45, 2.75) is 32.9 Å². The van der Waals surface area contributed by atoms with E-state index < -0.39 is 0 Å². The maximum Gasteiger partial charge on any atom is 0.191 e. The Balaban J connectivity index is 2.07. The zero-order valence-electron chi connectivity index (χ0n) is 13.0. The van der Waals surface area contributed by atoms with Gasteiger partial charge in [-0.1, -0.05) is 18.2 Å². The van der Waals surface area contributed by atoms with Gasteiger partial charge in [0.25, 0.3) is 0 Å². The molecule has 0 amide bonds. The van der Waals surface area contributed by atoms with Crippen molar-refractivity contribution in [1.29, 1.82) is 0 Å². The van der Waals surface area contributed by atoms with E-state index >= 15 is 0 Å². The summed E-state index contributed by atoms with van der Waals surface area (Å²) in [6, 6.07) is 10.0. The van der Waals surface area contributed by atoms with Crippen molar-refractivity contribution >= 4 is 5.96 Å². The molecule has 0 atom stereocenters. The molecule has 1 heterocycles. The maximum atomic E-state index is 4.21. The summed E-state index contributed by atoms with van der Waals surface area (Å²) < 4.78 is 1.96. The van der Waals surface area contributed by atoms with Gasteiger partial charge in [-0.3, -0.25) is 9.56 Å². The molecule has 0 saturated heterocycles. The zero-order chi connectivity index (χ0) is 15.3. The second-order valence-electron chi connectivity index (χ2n) is 5.75. The van der Waals surface area contributed by atoms with Crippen LogP contribution < -0.4 is 10.6 Å². The van der Waals surface area contributed by atoms with Crippen LogP contribution in [-0.4, -0.2) is 33.3 Å². The zero-order valence-corrected chi connectivity index (χ0v) is 13.0. The van der Waals surface area contributed by atoms with Crippen LogP contribution >= 0.6 is 0 Å². The molecule has 2 rings (SSSR count). The van der Waals surface area contributed by atoms with Gasteiger partial charge >= 0.3 is 0 Å². The molecular formula is C15H22N6. The SMILES string of the molecule is CN=C(NCc1nncn1-c1ccccc1)NC(C)(C)C.